The minimum Gasteiger partial charge on any atom is -0.489 e. The van der Waals surface area contributed by atoms with E-state index in [-0.39, 0.29) is 33.5 Å². The van der Waals surface area contributed by atoms with Crippen molar-refractivity contribution in [1.29, 1.82) is 0 Å². The number of hydrogen-bond acceptors (Lipinski definition) is 9. The minimum absolute atomic E-state index is 0.00483. The number of benzene rings is 1. The number of ketones is 1. The zero-order valence-electron chi connectivity index (χ0n) is 21.5. The summed E-state index contributed by atoms with van der Waals surface area (Å²) in [5, 5.41) is 3.51. The largest absolute Gasteiger partial charge is 0.489 e. The minimum atomic E-state index is -3.06. The maximum Gasteiger partial charge on any atom is 0.387 e. The van der Waals surface area contributed by atoms with Gasteiger partial charge in [0.15, 0.2) is 11.5 Å². The maximum absolute atomic E-state index is 13.9. The molecule has 3 heterocycles. The van der Waals surface area contributed by atoms with Crippen molar-refractivity contribution in [1.82, 2.24) is 15.3 Å². The number of pyridine rings is 2. The molecule has 1 aromatic carbocycles. The summed E-state index contributed by atoms with van der Waals surface area (Å²) in [5.74, 6) is -0.556. The number of alkyl halides is 2. The van der Waals surface area contributed by atoms with Crippen LogP contribution in [-0.4, -0.2) is 52.1 Å². The Kier molecular flexibility index (Phi) is 9.28. The summed E-state index contributed by atoms with van der Waals surface area (Å²) in [4.78, 5) is 33.7. The van der Waals surface area contributed by atoms with Crippen molar-refractivity contribution in [2.75, 3.05) is 18.9 Å². The Hall–Kier alpha value is -2.99. The second-order valence-electron chi connectivity index (χ2n) is 9.55. The molecule has 1 aliphatic heterocycles. The van der Waals surface area contributed by atoms with Crippen LogP contribution in [0.5, 0.6) is 11.5 Å². The van der Waals surface area contributed by atoms with Crippen LogP contribution in [-0.2, 0) is 16.0 Å². The van der Waals surface area contributed by atoms with Crippen LogP contribution in [0.15, 0.2) is 55.1 Å². The number of hydrogen-bond donors (Lipinski definition) is 1. The van der Waals surface area contributed by atoms with Gasteiger partial charge in [0.2, 0.25) is 10.7 Å². The SMILES string of the molecule is O=C(O[C@@H](Cc1c(Cl)cncc1Cl)c1ccc(OC(F)F)c(OCC2CC2)c1)C1(C(=O)c2cccnc2)NCCS1. The summed E-state index contributed by atoms with van der Waals surface area (Å²) in [5.41, 5.74) is 1.10. The van der Waals surface area contributed by atoms with Gasteiger partial charge in [0.25, 0.3) is 0 Å². The Labute approximate surface area is 249 Å². The lowest BCUT2D eigenvalue weighted by molar-refractivity contribution is -0.151. The highest BCUT2D eigenvalue weighted by molar-refractivity contribution is 8.02. The third kappa shape index (κ3) is 6.91. The standard InChI is InChI=1S/C28H25Cl2F2N3O5S/c29-20-13-34-14-21(30)19(20)11-23(17-5-6-22(40-27(31)32)24(10-17)38-15-16-3-4-16)39-26(37)28(35-8-9-41-28)25(36)18-2-1-7-33-12-18/h1-2,5-7,10,12-14,16,23,27,35H,3-4,8-9,11,15H2/t23-,28?/m0/s1. The van der Waals surface area contributed by atoms with Crippen LogP contribution in [0.2, 0.25) is 10.0 Å². The van der Waals surface area contributed by atoms with Crippen molar-refractivity contribution in [3.05, 3.63) is 81.9 Å². The first-order valence-corrected chi connectivity index (χ1v) is 14.6. The van der Waals surface area contributed by atoms with Gasteiger partial charge in [-0.1, -0.05) is 29.3 Å². The number of nitrogens with one attached hydrogen (secondary N) is 1. The molecule has 0 spiro atoms. The van der Waals surface area contributed by atoms with Crippen LogP contribution in [0.1, 0.15) is 40.4 Å². The molecule has 1 unspecified atom stereocenters. The molecular formula is C28H25Cl2F2N3O5S. The molecular weight excluding hydrogens is 599 g/mol. The monoisotopic (exact) mass is 623 g/mol. The van der Waals surface area contributed by atoms with E-state index in [9.17, 15) is 18.4 Å². The molecule has 2 aliphatic rings. The Morgan fingerprint density at radius 3 is 2.51 bits per heavy atom. The van der Waals surface area contributed by atoms with Gasteiger partial charge in [-0.15, -0.1) is 11.8 Å². The Morgan fingerprint density at radius 1 is 1.10 bits per heavy atom. The summed E-state index contributed by atoms with van der Waals surface area (Å²) in [7, 11) is 0. The molecule has 1 saturated carbocycles. The number of Topliss-reactive ketones (excluding diaryl/α,β-unsaturated/α-hetero) is 1. The number of aromatic nitrogens is 2. The zero-order chi connectivity index (χ0) is 29.0. The molecule has 0 amide bonds. The number of halogens is 4. The number of ether oxygens (including phenoxy) is 3. The van der Waals surface area contributed by atoms with E-state index >= 15 is 0 Å². The van der Waals surface area contributed by atoms with Gasteiger partial charge in [-0.05, 0) is 54.2 Å². The lowest BCUT2D eigenvalue weighted by Gasteiger charge is -2.28. The number of thioether (sulfide) groups is 1. The predicted molar refractivity (Wildman–Crippen MR) is 150 cm³/mol. The molecule has 2 atom stereocenters. The van der Waals surface area contributed by atoms with E-state index in [1.165, 1.54) is 43.0 Å². The molecule has 1 saturated heterocycles. The first-order chi connectivity index (χ1) is 19.8. The third-order valence-electron chi connectivity index (χ3n) is 6.64. The van der Waals surface area contributed by atoms with Gasteiger partial charge in [-0.2, -0.15) is 8.78 Å². The smallest absolute Gasteiger partial charge is 0.387 e. The predicted octanol–water partition coefficient (Wildman–Crippen LogP) is 5.92. The second kappa shape index (κ2) is 12.9. The molecule has 3 aromatic rings. The average Bonchev–Trinajstić information content (AvgIpc) is 3.66. The highest BCUT2D eigenvalue weighted by Crippen LogP contribution is 2.40. The summed E-state index contributed by atoms with van der Waals surface area (Å²) in [6.07, 6.45) is 6.68. The number of rotatable bonds is 12. The summed E-state index contributed by atoms with van der Waals surface area (Å²) < 4.78 is 42.8. The van der Waals surface area contributed by atoms with Crippen molar-refractivity contribution in [3.63, 3.8) is 0 Å². The van der Waals surface area contributed by atoms with Gasteiger partial charge in [0.1, 0.15) is 6.10 Å². The summed E-state index contributed by atoms with van der Waals surface area (Å²) in [6.45, 7) is -2.33. The molecule has 5 rings (SSSR count). The van der Waals surface area contributed by atoms with Crippen LogP contribution in [0.3, 0.4) is 0 Å². The normalized spacial score (nSPS) is 19.1. The van der Waals surface area contributed by atoms with E-state index in [4.69, 9.17) is 32.7 Å². The van der Waals surface area contributed by atoms with Crippen LogP contribution < -0.4 is 14.8 Å². The first kappa shape index (κ1) is 29.5. The van der Waals surface area contributed by atoms with Gasteiger partial charge in [-0.25, -0.2) is 4.79 Å². The first-order valence-electron chi connectivity index (χ1n) is 12.8. The molecule has 2 fully saturated rings. The lowest BCUT2D eigenvalue weighted by Crippen LogP contribution is -2.53. The van der Waals surface area contributed by atoms with Crippen LogP contribution >= 0.6 is 35.0 Å². The summed E-state index contributed by atoms with van der Waals surface area (Å²) in [6, 6.07) is 7.50. The third-order valence-corrected chi connectivity index (χ3v) is 8.63. The number of carbonyl (C=O) groups excluding carboxylic acids is 2. The van der Waals surface area contributed by atoms with Gasteiger partial charge < -0.3 is 14.2 Å². The van der Waals surface area contributed by atoms with Crippen LogP contribution in [0.25, 0.3) is 0 Å². The zero-order valence-corrected chi connectivity index (χ0v) is 23.9. The van der Waals surface area contributed by atoms with E-state index in [0.717, 1.165) is 24.6 Å². The molecule has 1 N–H and O–H groups in total. The van der Waals surface area contributed by atoms with Crippen molar-refractivity contribution < 1.29 is 32.6 Å². The van der Waals surface area contributed by atoms with Crippen molar-refractivity contribution >= 4 is 46.7 Å². The topological polar surface area (TPSA) is 99.6 Å². The molecule has 13 heteroatoms. The van der Waals surface area contributed by atoms with Gasteiger partial charge in [0, 0.05) is 49.1 Å². The average molecular weight is 624 g/mol. The lowest BCUT2D eigenvalue weighted by atomic mass is 10.0. The number of carbonyl (C=O) groups is 2. The molecule has 41 heavy (non-hydrogen) atoms. The number of esters is 1. The van der Waals surface area contributed by atoms with Gasteiger partial charge >= 0.3 is 12.6 Å². The summed E-state index contributed by atoms with van der Waals surface area (Å²) >= 11 is 13.9. The molecule has 8 nitrogen and oxygen atoms in total. The molecule has 2 aromatic heterocycles. The van der Waals surface area contributed by atoms with Crippen molar-refractivity contribution in [2.45, 2.75) is 36.8 Å². The van der Waals surface area contributed by atoms with E-state index in [1.54, 1.807) is 12.1 Å². The van der Waals surface area contributed by atoms with E-state index in [2.05, 4.69) is 20.0 Å². The molecule has 1 aliphatic carbocycles. The number of nitrogens with zero attached hydrogens (tertiary/aromatic N) is 2. The van der Waals surface area contributed by atoms with E-state index in [1.807, 2.05) is 0 Å². The molecule has 216 valence electrons. The van der Waals surface area contributed by atoms with E-state index < -0.39 is 29.3 Å². The van der Waals surface area contributed by atoms with Gasteiger partial charge in [-0.3, -0.25) is 20.1 Å². The Bertz CT molecular complexity index is 1390. The van der Waals surface area contributed by atoms with Crippen LogP contribution in [0, 0.1) is 5.92 Å². The maximum atomic E-state index is 13.9. The highest BCUT2D eigenvalue weighted by Gasteiger charge is 2.51. The fourth-order valence-electron chi connectivity index (χ4n) is 4.33. The fourth-order valence-corrected chi connectivity index (χ4v) is 5.98. The van der Waals surface area contributed by atoms with Crippen molar-refractivity contribution in [2.24, 2.45) is 5.92 Å². The molecule has 0 bridgehead atoms. The Morgan fingerprint density at radius 2 is 1.88 bits per heavy atom. The quantitative estimate of drug-likeness (QED) is 0.150. The second-order valence-corrected chi connectivity index (χ2v) is 11.7. The van der Waals surface area contributed by atoms with E-state index in [0.29, 0.717) is 35.9 Å². The Balaban J connectivity index is 1.50. The molecule has 0 radical (unpaired) electrons. The van der Waals surface area contributed by atoms with Gasteiger partial charge in [0.05, 0.1) is 16.7 Å². The van der Waals surface area contributed by atoms with Crippen molar-refractivity contribution in [3.8, 4) is 11.5 Å². The van der Waals surface area contributed by atoms with Crippen LogP contribution in [0.4, 0.5) is 8.78 Å². The highest BCUT2D eigenvalue weighted by atomic mass is 35.5. The fraction of sp³-hybridized carbons (Fsp3) is 0.357.